The van der Waals surface area contributed by atoms with Gasteiger partial charge >= 0.3 is 0 Å². The van der Waals surface area contributed by atoms with Crippen LogP contribution < -0.4 is 5.73 Å². The number of nitrogens with zero attached hydrogens (tertiary/aromatic N) is 1. The smallest absolute Gasteiger partial charge is 0.0220 e. The highest BCUT2D eigenvalue weighted by molar-refractivity contribution is 5.26. The molecule has 1 heterocycles. The van der Waals surface area contributed by atoms with E-state index in [-0.39, 0.29) is 0 Å². The largest absolute Gasteiger partial charge is 0.354 e. The molecule has 2 heteroatoms. The molecular formula is C12H20N2. The van der Waals surface area contributed by atoms with Gasteiger partial charge in [0.25, 0.3) is 0 Å². The SMILES string of the molecule is NCCCCn1cc2c(c1)CCCC2. The summed E-state index contributed by atoms with van der Waals surface area (Å²) < 4.78 is 2.35. The molecule has 0 aliphatic heterocycles. The third-order valence-electron chi connectivity index (χ3n) is 3.07. The molecule has 1 aromatic heterocycles. The molecule has 0 atom stereocenters. The van der Waals surface area contributed by atoms with Gasteiger partial charge in [0, 0.05) is 18.9 Å². The van der Waals surface area contributed by atoms with Crippen molar-refractivity contribution < 1.29 is 0 Å². The second-order valence-corrected chi connectivity index (χ2v) is 4.25. The standard InChI is InChI=1S/C12H20N2/c13-7-3-4-8-14-9-11-5-1-2-6-12(11)10-14/h9-10H,1-8,13H2. The lowest BCUT2D eigenvalue weighted by Crippen LogP contribution is -2.01. The Balaban J connectivity index is 1.94. The van der Waals surface area contributed by atoms with Gasteiger partial charge in [-0.05, 0) is 56.2 Å². The van der Waals surface area contributed by atoms with E-state index >= 15 is 0 Å². The highest BCUT2D eigenvalue weighted by Crippen LogP contribution is 2.21. The van der Waals surface area contributed by atoms with Gasteiger partial charge in [0.15, 0.2) is 0 Å². The second kappa shape index (κ2) is 4.65. The zero-order valence-corrected chi connectivity index (χ0v) is 8.84. The molecule has 0 unspecified atom stereocenters. The van der Waals surface area contributed by atoms with E-state index in [0.29, 0.717) is 0 Å². The minimum atomic E-state index is 0.820. The van der Waals surface area contributed by atoms with Crippen LogP contribution in [0.2, 0.25) is 0 Å². The summed E-state index contributed by atoms with van der Waals surface area (Å²) in [5.41, 5.74) is 8.65. The van der Waals surface area contributed by atoms with Gasteiger partial charge in [-0.1, -0.05) is 0 Å². The third kappa shape index (κ3) is 2.18. The van der Waals surface area contributed by atoms with Gasteiger partial charge < -0.3 is 10.3 Å². The molecule has 2 nitrogen and oxygen atoms in total. The summed E-state index contributed by atoms with van der Waals surface area (Å²) in [6.45, 7) is 1.96. The molecule has 1 aliphatic carbocycles. The highest BCUT2D eigenvalue weighted by atomic mass is 14.9. The van der Waals surface area contributed by atoms with E-state index in [9.17, 15) is 0 Å². The number of hydrogen-bond donors (Lipinski definition) is 1. The fraction of sp³-hybridized carbons (Fsp3) is 0.667. The first-order chi connectivity index (χ1) is 6.90. The van der Waals surface area contributed by atoms with Crippen LogP contribution in [0.1, 0.15) is 36.8 Å². The number of aryl methyl sites for hydroxylation is 3. The topological polar surface area (TPSA) is 30.9 Å². The van der Waals surface area contributed by atoms with Crippen molar-refractivity contribution >= 4 is 0 Å². The Labute approximate surface area is 86.1 Å². The summed E-state index contributed by atoms with van der Waals surface area (Å²) in [6, 6.07) is 0. The van der Waals surface area contributed by atoms with Crippen molar-refractivity contribution in [2.75, 3.05) is 6.54 Å². The molecule has 0 amide bonds. The maximum atomic E-state index is 5.48. The lowest BCUT2D eigenvalue weighted by atomic mass is 9.96. The number of unbranched alkanes of at least 4 members (excludes halogenated alkanes) is 1. The normalized spacial score (nSPS) is 15.5. The first kappa shape index (κ1) is 9.78. The maximum absolute atomic E-state index is 5.48. The first-order valence-corrected chi connectivity index (χ1v) is 5.78. The van der Waals surface area contributed by atoms with Crippen LogP contribution in [-0.4, -0.2) is 11.1 Å². The summed E-state index contributed by atoms with van der Waals surface area (Å²) >= 11 is 0. The van der Waals surface area contributed by atoms with Crippen LogP contribution in [-0.2, 0) is 19.4 Å². The van der Waals surface area contributed by atoms with Crippen LogP contribution in [0.5, 0.6) is 0 Å². The fourth-order valence-corrected chi connectivity index (χ4v) is 2.25. The highest BCUT2D eigenvalue weighted by Gasteiger charge is 2.10. The Morgan fingerprint density at radius 3 is 2.29 bits per heavy atom. The Morgan fingerprint density at radius 1 is 1.07 bits per heavy atom. The quantitative estimate of drug-likeness (QED) is 0.728. The molecule has 0 saturated carbocycles. The van der Waals surface area contributed by atoms with Crippen LogP contribution in [0, 0.1) is 0 Å². The summed E-state index contributed by atoms with van der Waals surface area (Å²) in [6.07, 6.45) is 12.4. The molecule has 0 aromatic carbocycles. The van der Waals surface area contributed by atoms with E-state index in [1.165, 1.54) is 32.1 Å². The number of fused-ring (bicyclic) bond motifs is 1. The van der Waals surface area contributed by atoms with Crippen molar-refractivity contribution in [3.05, 3.63) is 23.5 Å². The molecule has 14 heavy (non-hydrogen) atoms. The van der Waals surface area contributed by atoms with Gasteiger partial charge in [-0.15, -0.1) is 0 Å². The van der Waals surface area contributed by atoms with Crippen molar-refractivity contribution in [2.24, 2.45) is 5.73 Å². The van der Waals surface area contributed by atoms with Crippen molar-refractivity contribution in [3.8, 4) is 0 Å². The van der Waals surface area contributed by atoms with Gasteiger partial charge in [0.05, 0.1) is 0 Å². The summed E-state index contributed by atoms with van der Waals surface area (Å²) in [5.74, 6) is 0. The zero-order chi connectivity index (χ0) is 9.80. The number of hydrogen-bond acceptors (Lipinski definition) is 1. The Kier molecular flexibility index (Phi) is 3.25. The Hall–Kier alpha value is -0.760. The number of rotatable bonds is 4. The van der Waals surface area contributed by atoms with E-state index in [0.717, 1.165) is 19.5 Å². The molecule has 78 valence electrons. The average molecular weight is 192 g/mol. The van der Waals surface area contributed by atoms with Crippen LogP contribution in [0.25, 0.3) is 0 Å². The van der Waals surface area contributed by atoms with Crippen molar-refractivity contribution in [1.82, 2.24) is 4.57 Å². The number of nitrogens with two attached hydrogens (primary N) is 1. The van der Waals surface area contributed by atoms with Crippen LogP contribution in [0.15, 0.2) is 12.4 Å². The molecule has 2 rings (SSSR count). The van der Waals surface area contributed by atoms with Crippen LogP contribution in [0.4, 0.5) is 0 Å². The zero-order valence-electron chi connectivity index (χ0n) is 8.84. The molecule has 0 saturated heterocycles. The summed E-state index contributed by atoms with van der Waals surface area (Å²) in [7, 11) is 0. The predicted octanol–water partition coefficient (Wildman–Crippen LogP) is 2.11. The predicted molar refractivity (Wildman–Crippen MR) is 59.4 cm³/mol. The minimum Gasteiger partial charge on any atom is -0.354 e. The average Bonchev–Trinajstić information content (AvgIpc) is 2.60. The lowest BCUT2D eigenvalue weighted by molar-refractivity contribution is 0.616. The second-order valence-electron chi connectivity index (χ2n) is 4.25. The Morgan fingerprint density at radius 2 is 1.71 bits per heavy atom. The van der Waals surface area contributed by atoms with E-state index in [2.05, 4.69) is 17.0 Å². The summed E-state index contributed by atoms with van der Waals surface area (Å²) in [5, 5.41) is 0. The van der Waals surface area contributed by atoms with Crippen molar-refractivity contribution in [2.45, 2.75) is 45.1 Å². The van der Waals surface area contributed by atoms with Gasteiger partial charge in [-0.3, -0.25) is 0 Å². The van der Waals surface area contributed by atoms with E-state index in [4.69, 9.17) is 5.73 Å². The molecule has 0 spiro atoms. The maximum Gasteiger partial charge on any atom is 0.0220 e. The molecule has 2 N–H and O–H groups in total. The van der Waals surface area contributed by atoms with Crippen LogP contribution in [0.3, 0.4) is 0 Å². The monoisotopic (exact) mass is 192 g/mol. The van der Waals surface area contributed by atoms with Gasteiger partial charge in [-0.25, -0.2) is 0 Å². The molecule has 1 aliphatic rings. The van der Waals surface area contributed by atoms with E-state index in [1.807, 2.05) is 0 Å². The van der Waals surface area contributed by atoms with Gasteiger partial charge in [-0.2, -0.15) is 0 Å². The van der Waals surface area contributed by atoms with Crippen molar-refractivity contribution in [3.63, 3.8) is 0 Å². The third-order valence-corrected chi connectivity index (χ3v) is 3.07. The van der Waals surface area contributed by atoms with Crippen molar-refractivity contribution in [1.29, 1.82) is 0 Å². The van der Waals surface area contributed by atoms with Crippen LogP contribution >= 0.6 is 0 Å². The number of aromatic nitrogens is 1. The first-order valence-electron chi connectivity index (χ1n) is 5.78. The van der Waals surface area contributed by atoms with E-state index < -0.39 is 0 Å². The van der Waals surface area contributed by atoms with Gasteiger partial charge in [0.2, 0.25) is 0 Å². The van der Waals surface area contributed by atoms with E-state index in [1.54, 1.807) is 11.1 Å². The van der Waals surface area contributed by atoms with Gasteiger partial charge in [0.1, 0.15) is 0 Å². The fourth-order valence-electron chi connectivity index (χ4n) is 2.25. The lowest BCUT2D eigenvalue weighted by Gasteiger charge is -2.08. The molecule has 0 fully saturated rings. The molecule has 0 radical (unpaired) electrons. The minimum absolute atomic E-state index is 0.820. The molecular weight excluding hydrogens is 172 g/mol. The molecule has 1 aromatic rings. The molecule has 0 bridgehead atoms. The summed E-state index contributed by atoms with van der Waals surface area (Å²) in [4.78, 5) is 0. The Bertz CT molecular complexity index is 265.